The van der Waals surface area contributed by atoms with E-state index in [4.69, 9.17) is 9.26 Å². The number of ether oxygens (including phenoxy) is 1. The summed E-state index contributed by atoms with van der Waals surface area (Å²) in [7, 11) is -3.18. The van der Waals surface area contributed by atoms with E-state index in [1.54, 1.807) is 12.1 Å². The first kappa shape index (κ1) is 15.5. The predicted molar refractivity (Wildman–Crippen MR) is 77.8 cm³/mol. The second-order valence-corrected chi connectivity index (χ2v) is 6.61. The van der Waals surface area contributed by atoms with Crippen molar-refractivity contribution >= 4 is 9.84 Å². The van der Waals surface area contributed by atoms with Gasteiger partial charge in [0, 0.05) is 18.9 Å². The van der Waals surface area contributed by atoms with E-state index in [2.05, 4.69) is 10.5 Å². The van der Waals surface area contributed by atoms with Gasteiger partial charge >= 0.3 is 0 Å². The molecule has 0 aliphatic rings. The van der Waals surface area contributed by atoms with Crippen LogP contribution in [0.3, 0.4) is 0 Å². The smallest absolute Gasteiger partial charge is 0.175 e. The molecule has 0 atom stereocenters. The van der Waals surface area contributed by atoms with Gasteiger partial charge in [0.2, 0.25) is 0 Å². The van der Waals surface area contributed by atoms with E-state index in [1.807, 2.05) is 13.0 Å². The lowest BCUT2D eigenvalue weighted by molar-refractivity contribution is 0.248. The topological polar surface area (TPSA) is 81.4 Å². The number of benzene rings is 1. The molecule has 114 valence electrons. The van der Waals surface area contributed by atoms with Crippen molar-refractivity contribution in [3.05, 3.63) is 41.8 Å². The molecule has 0 fully saturated rings. The second-order valence-electron chi connectivity index (χ2n) is 4.60. The highest BCUT2D eigenvalue weighted by molar-refractivity contribution is 7.90. The minimum Gasteiger partial charge on any atom is -0.486 e. The zero-order chi connectivity index (χ0) is 15.3. The first-order valence-corrected chi connectivity index (χ1v) is 8.46. The van der Waals surface area contributed by atoms with Crippen molar-refractivity contribution in [3.8, 4) is 5.75 Å². The Hall–Kier alpha value is -1.86. The Morgan fingerprint density at radius 2 is 2.00 bits per heavy atom. The molecule has 1 N–H and O–H groups in total. The third-order valence-electron chi connectivity index (χ3n) is 2.80. The zero-order valence-corrected chi connectivity index (χ0v) is 12.8. The Kier molecular flexibility index (Phi) is 4.98. The van der Waals surface area contributed by atoms with Crippen LogP contribution in [0, 0.1) is 0 Å². The quantitative estimate of drug-likeness (QED) is 0.839. The number of aromatic nitrogens is 1. The molecule has 0 aliphatic heterocycles. The molecule has 1 aromatic carbocycles. The van der Waals surface area contributed by atoms with Gasteiger partial charge in [0.1, 0.15) is 12.4 Å². The maximum absolute atomic E-state index is 11.3. The number of hydrogen-bond donors (Lipinski definition) is 1. The molecule has 1 heterocycles. The summed E-state index contributed by atoms with van der Waals surface area (Å²) in [4.78, 5) is 0.266. The first-order valence-electron chi connectivity index (χ1n) is 6.57. The van der Waals surface area contributed by atoms with Gasteiger partial charge in [-0.3, -0.25) is 0 Å². The predicted octanol–water partition coefficient (Wildman–Crippen LogP) is 1.77. The molecule has 2 rings (SSSR count). The van der Waals surface area contributed by atoms with Crippen molar-refractivity contribution in [2.24, 2.45) is 0 Å². The standard InChI is InChI=1S/C14H18N2O4S/c1-3-15-9-11-8-13(20-16-11)10-19-12-4-6-14(7-5-12)21(2,17)18/h4-8,15H,3,9-10H2,1-2H3. The fourth-order valence-corrected chi connectivity index (χ4v) is 2.33. The average Bonchev–Trinajstić information content (AvgIpc) is 2.90. The molecule has 0 aliphatic carbocycles. The van der Waals surface area contributed by atoms with Crippen LogP contribution in [0.4, 0.5) is 0 Å². The van der Waals surface area contributed by atoms with Crippen molar-refractivity contribution in [3.63, 3.8) is 0 Å². The molecular formula is C14H18N2O4S. The highest BCUT2D eigenvalue weighted by atomic mass is 32.2. The number of sulfone groups is 1. The number of nitrogens with one attached hydrogen (secondary N) is 1. The number of rotatable bonds is 7. The zero-order valence-electron chi connectivity index (χ0n) is 12.0. The maximum Gasteiger partial charge on any atom is 0.175 e. The van der Waals surface area contributed by atoms with Gasteiger partial charge in [-0.15, -0.1) is 0 Å². The van der Waals surface area contributed by atoms with Crippen molar-refractivity contribution in [1.29, 1.82) is 0 Å². The highest BCUT2D eigenvalue weighted by Gasteiger charge is 2.08. The summed E-state index contributed by atoms with van der Waals surface area (Å²) in [6.45, 7) is 3.79. The van der Waals surface area contributed by atoms with Gasteiger partial charge in [0.15, 0.2) is 15.6 Å². The molecular weight excluding hydrogens is 292 g/mol. The Bertz CT molecular complexity index is 677. The lowest BCUT2D eigenvalue weighted by Gasteiger charge is -2.04. The molecule has 21 heavy (non-hydrogen) atoms. The average molecular weight is 310 g/mol. The van der Waals surface area contributed by atoms with E-state index in [1.165, 1.54) is 18.4 Å². The summed E-state index contributed by atoms with van der Waals surface area (Å²) in [5.41, 5.74) is 0.822. The minimum atomic E-state index is -3.18. The Labute approximate surface area is 124 Å². The van der Waals surface area contributed by atoms with Crippen molar-refractivity contribution < 1.29 is 17.7 Å². The van der Waals surface area contributed by atoms with Crippen LogP contribution in [-0.4, -0.2) is 26.4 Å². The Morgan fingerprint density at radius 3 is 2.62 bits per heavy atom. The monoisotopic (exact) mass is 310 g/mol. The van der Waals surface area contributed by atoms with E-state index >= 15 is 0 Å². The lowest BCUT2D eigenvalue weighted by atomic mass is 10.3. The summed E-state index contributed by atoms with van der Waals surface area (Å²) in [6, 6.07) is 8.09. The Balaban J connectivity index is 1.92. The fourth-order valence-electron chi connectivity index (χ4n) is 1.70. The SMILES string of the molecule is CCNCc1cc(COc2ccc(S(C)(=O)=O)cc2)on1. The van der Waals surface area contributed by atoms with Gasteiger partial charge in [-0.25, -0.2) is 8.42 Å². The van der Waals surface area contributed by atoms with E-state index in [-0.39, 0.29) is 11.5 Å². The summed E-state index contributed by atoms with van der Waals surface area (Å²) in [5, 5.41) is 7.07. The summed E-state index contributed by atoms with van der Waals surface area (Å²) < 4.78 is 33.4. The third-order valence-corrected chi connectivity index (χ3v) is 3.93. The van der Waals surface area contributed by atoms with Crippen LogP contribution in [0.1, 0.15) is 18.4 Å². The molecule has 6 nitrogen and oxygen atoms in total. The van der Waals surface area contributed by atoms with Crippen LogP contribution >= 0.6 is 0 Å². The second kappa shape index (κ2) is 6.73. The highest BCUT2D eigenvalue weighted by Crippen LogP contribution is 2.17. The number of nitrogens with zero attached hydrogens (tertiary/aromatic N) is 1. The van der Waals surface area contributed by atoms with Gasteiger partial charge < -0.3 is 14.6 Å². The van der Waals surface area contributed by atoms with Gasteiger partial charge in [0.25, 0.3) is 0 Å². The van der Waals surface area contributed by atoms with Gasteiger partial charge in [0.05, 0.1) is 10.6 Å². The number of hydrogen-bond acceptors (Lipinski definition) is 6. The molecule has 0 unspecified atom stereocenters. The Morgan fingerprint density at radius 1 is 1.29 bits per heavy atom. The summed E-state index contributed by atoms with van der Waals surface area (Å²) >= 11 is 0. The van der Waals surface area contributed by atoms with E-state index in [0.717, 1.165) is 12.2 Å². The van der Waals surface area contributed by atoms with E-state index < -0.39 is 9.84 Å². The van der Waals surface area contributed by atoms with Gasteiger partial charge in [-0.1, -0.05) is 12.1 Å². The molecule has 0 spiro atoms. The fraction of sp³-hybridized carbons (Fsp3) is 0.357. The summed E-state index contributed by atoms with van der Waals surface area (Å²) in [6.07, 6.45) is 1.17. The normalized spacial score (nSPS) is 11.5. The first-order chi connectivity index (χ1) is 9.99. The largest absolute Gasteiger partial charge is 0.486 e. The molecule has 2 aromatic rings. The molecule has 7 heteroatoms. The van der Waals surface area contributed by atoms with Gasteiger partial charge in [-0.05, 0) is 30.8 Å². The van der Waals surface area contributed by atoms with E-state index in [0.29, 0.717) is 18.1 Å². The molecule has 0 saturated carbocycles. The van der Waals surface area contributed by atoms with Crippen LogP contribution in [0.15, 0.2) is 39.8 Å². The van der Waals surface area contributed by atoms with Gasteiger partial charge in [-0.2, -0.15) is 0 Å². The maximum atomic E-state index is 11.3. The van der Waals surface area contributed by atoms with Crippen LogP contribution in [0.5, 0.6) is 5.75 Å². The molecule has 1 aromatic heterocycles. The van der Waals surface area contributed by atoms with Crippen molar-refractivity contribution in [1.82, 2.24) is 10.5 Å². The van der Waals surface area contributed by atoms with E-state index in [9.17, 15) is 8.42 Å². The molecule has 0 amide bonds. The van der Waals surface area contributed by atoms with Crippen LogP contribution in [0.25, 0.3) is 0 Å². The van der Waals surface area contributed by atoms with Crippen molar-refractivity contribution in [2.45, 2.75) is 25.0 Å². The van der Waals surface area contributed by atoms with Crippen LogP contribution < -0.4 is 10.1 Å². The third kappa shape index (κ3) is 4.57. The molecule has 0 saturated heterocycles. The molecule has 0 bridgehead atoms. The minimum absolute atomic E-state index is 0.247. The van der Waals surface area contributed by atoms with Crippen LogP contribution in [0.2, 0.25) is 0 Å². The van der Waals surface area contributed by atoms with Crippen molar-refractivity contribution in [2.75, 3.05) is 12.8 Å². The summed E-state index contributed by atoms with van der Waals surface area (Å²) in [5.74, 6) is 1.20. The molecule has 0 radical (unpaired) electrons. The van der Waals surface area contributed by atoms with Crippen LogP contribution in [-0.2, 0) is 23.0 Å². The lowest BCUT2D eigenvalue weighted by Crippen LogP contribution is -2.11.